The van der Waals surface area contributed by atoms with E-state index < -0.39 is 0 Å². The van der Waals surface area contributed by atoms with Crippen LogP contribution in [0.1, 0.15) is 32.9 Å². The van der Waals surface area contributed by atoms with Crippen LogP contribution >= 0.6 is 11.6 Å². The van der Waals surface area contributed by atoms with E-state index in [1.807, 2.05) is 12.1 Å². The fourth-order valence-electron chi connectivity index (χ4n) is 2.59. The highest BCUT2D eigenvalue weighted by atomic mass is 35.5. The molecule has 1 fully saturated rings. The van der Waals surface area contributed by atoms with Crippen LogP contribution in [0.2, 0.25) is 5.02 Å². The smallest absolute Gasteiger partial charge is 0.129 e. The third-order valence-electron chi connectivity index (χ3n) is 3.82. The second-order valence-corrected chi connectivity index (χ2v) is 6.37. The lowest BCUT2D eigenvalue weighted by Gasteiger charge is -2.35. The lowest BCUT2D eigenvalue weighted by molar-refractivity contribution is 0.258. The van der Waals surface area contributed by atoms with Crippen LogP contribution in [0.3, 0.4) is 0 Å². The van der Waals surface area contributed by atoms with Crippen molar-refractivity contribution in [2.45, 2.75) is 39.8 Å². The summed E-state index contributed by atoms with van der Waals surface area (Å²) >= 11 is 6.25. The minimum Gasteiger partial charge on any atom is -0.354 e. The second-order valence-electron chi connectivity index (χ2n) is 5.96. The van der Waals surface area contributed by atoms with Gasteiger partial charge >= 0.3 is 0 Å². The fourth-order valence-corrected chi connectivity index (χ4v) is 2.76. The van der Waals surface area contributed by atoms with Crippen LogP contribution in [0, 0.1) is 0 Å². The molecule has 0 aromatic carbocycles. The molecule has 1 aliphatic rings. The molecule has 0 aliphatic carbocycles. The summed E-state index contributed by atoms with van der Waals surface area (Å²) < 4.78 is 0. The Morgan fingerprint density at radius 2 is 1.95 bits per heavy atom. The molecule has 1 N–H and O–H groups in total. The van der Waals surface area contributed by atoms with E-state index in [0.29, 0.717) is 6.04 Å². The SMILES string of the molecule is CCCN1CCN(c2ccc(Cl)c(CNC(C)C)n2)CC1. The van der Waals surface area contributed by atoms with E-state index in [0.717, 1.165) is 49.3 Å². The van der Waals surface area contributed by atoms with Gasteiger partial charge in [0.25, 0.3) is 0 Å². The number of nitrogens with zero attached hydrogens (tertiary/aromatic N) is 3. The largest absolute Gasteiger partial charge is 0.354 e. The maximum Gasteiger partial charge on any atom is 0.129 e. The summed E-state index contributed by atoms with van der Waals surface area (Å²) in [6.07, 6.45) is 1.23. The van der Waals surface area contributed by atoms with Gasteiger partial charge in [0.1, 0.15) is 5.82 Å². The quantitative estimate of drug-likeness (QED) is 0.875. The van der Waals surface area contributed by atoms with Crippen LogP contribution in [-0.4, -0.2) is 48.6 Å². The molecule has 5 heteroatoms. The third kappa shape index (κ3) is 4.83. The molecule has 118 valence electrons. The Kier molecular flexibility index (Phi) is 6.27. The molecule has 4 nitrogen and oxygen atoms in total. The standard InChI is InChI=1S/C16H27ClN4/c1-4-7-20-8-10-21(11-9-20)16-6-5-14(17)15(19-16)12-18-13(2)3/h5-6,13,18H,4,7-12H2,1-3H3. The van der Waals surface area contributed by atoms with Crippen molar-refractivity contribution >= 4 is 17.4 Å². The molecule has 1 aromatic heterocycles. The maximum absolute atomic E-state index is 6.25. The number of pyridine rings is 1. The van der Waals surface area contributed by atoms with E-state index >= 15 is 0 Å². The van der Waals surface area contributed by atoms with Crippen molar-refractivity contribution in [3.05, 3.63) is 22.8 Å². The summed E-state index contributed by atoms with van der Waals surface area (Å²) in [6.45, 7) is 12.8. The van der Waals surface area contributed by atoms with E-state index in [1.54, 1.807) is 0 Å². The van der Waals surface area contributed by atoms with Crippen LogP contribution in [0.5, 0.6) is 0 Å². The molecular weight excluding hydrogens is 284 g/mol. The number of anilines is 1. The Hall–Kier alpha value is -0.840. The molecule has 0 bridgehead atoms. The van der Waals surface area contributed by atoms with E-state index in [-0.39, 0.29) is 0 Å². The lowest BCUT2D eigenvalue weighted by atomic mass is 10.2. The molecule has 0 atom stereocenters. The van der Waals surface area contributed by atoms with Gasteiger partial charge in [-0.1, -0.05) is 32.4 Å². The predicted molar refractivity (Wildman–Crippen MR) is 90.2 cm³/mol. The Balaban J connectivity index is 1.99. The first-order chi connectivity index (χ1) is 10.1. The summed E-state index contributed by atoms with van der Waals surface area (Å²) in [5.74, 6) is 1.05. The van der Waals surface area contributed by atoms with Gasteiger partial charge in [-0.2, -0.15) is 0 Å². The van der Waals surface area contributed by atoms with Crippen LogP contribution in [0.4, 0.5) is 5.82 Å². The molecule has 0 amide bonds. The number of piperazine rings is 1. The molecule has 2 rings (SSSR count). The molecule has 1 saturated heterocycles. The highest BCUT2D eigenvalue weighted by molar-refractivity contribution is 6.31. The first-order valence-electron chi connectivity index (χ1n) is 7.96. The summed E-state index contributed by atoms with van der Waals surface area (Å²) in [5, 5.41) is 4.13. The van der Waals surface area contributed by atoms with Gasteiger partial charge in [-0.25, -0.2) is 4.98 Å². The number of nitrogens with one attached hydrogen (secondary N) is 1. The molecule has 0 unspecified atom stereocenters. The Morgan fingerprint density at radius 3 is 2.57 bits per heavy atom. The van der Waals surface area contributed by atoms with Crippen LogP contribution in [0.15, 0.2) is 12.1 Å². The maximum atomic E-state index is 6.25. The minimum absolute atomic E-state index is 0.434. The zero-order chi connectivity index (χ0) is 15.2. The van der Waals surface area contributed by atoms with Gasteiger partial charge < -0.3 is 10.2 Å². The number of aromatic nitrogens is 1. The van der Waals surface area contributed by atoms with E-state index in [1.165, 1.54) is 13.0 Å². The summed E-state index contributed by atoms with van der Waals surface area (Å²) in [6, 6.07) is 4.44. The predicted octanol–water partition coefficient (Wildman–Crippen LogP) is 2.77. The minimum atomic E-state index is 0.434. The number of hydrogen-bond acceptors (Lipinski definition) is 4. The van der Waals surface area contributed by atoms with Crippen molar-refractivity contribution in [1.29, 1.82) is 0 Å². The number of hydrogen-bond donors (Lipinski definition) is 1. The summed E-state index contributed by atoms with van der Waals surface area (Å²) in [4.78, 5) is 9.64. The van der Waals surface area contributed by atoms with Gasteiger partial charge in [0.2, 0.25) is 0 Å². The number of rotatable bonds is 6. The van der Waals surface area contributed by atoms with Gasteiger partial charge in [0, 0.05) is 38.8 Å². The van der Waals surface area contributed by atoms with Gasteiger partial charge in [0.15, 0.2) is 0 Å². The normalized spacial score (nSPS) is 16.7. The zero-order valence-corrected chi connectivity index (χ0v) is 14.2. The topological polar surface area (TPSA) is 31.4 Å². The Morgan fingerprint density at radius 1 is 1.24 bits per heavy atom. The molecule has 0 saturated carbocycles. The van der Waals surface area contributed by atoms with E-state index in [2.05, 4.69) is 35.9 Å². The Labute approximate surface area is 133 Å². The average Bonchev–Trinajstić information content (AvgIpc) is 2.47. The summed E-state index contributed by atoms with van der Waals surface area (Å²) in [7, 11) is 0. The second kappa shape index (κ2) is 7.97. The number of halogens is 1. The van der Waals surface area contributed by atoms with Gasteiger partial charge in [-0.05, 0) is 25.1 Å². The highest BCUT2D eigenvalue weighted by Crippen LogP contribution is 2.20. The molecule has 21 heavy (non-hydrogen) atoms. The van der Waals surface area contributed by atoms with Crippen LogP contribution in [-0.2, 0) is 6.54 Å². The molecule has 1 aromatic rings. The Bertz CT molecular complexity index is 442. The average molecular weight is 311 g/mol. The van der Waals surface area contributed by atoms with Gasteiger partial charge in [-0.15, -0.1) is 0 Å². The zero-order valence-electron chi connectivity index (χ0n) is 13.4. The first kappa shape index (κ1) is 16.5. The molecule has 1 aliphatic heterocycles. The van der Waals surface area contributed by atoms with E-state index in [9.17, 15) is 0 Å². The van der Waals surface area contributed by atoms with Crippen molar-refractivity contribution in [2.75, 3.05) is 37.6 Å². The van der Waals surface area contributed by atoms with Gasteiger partial charge in [-0.3, -0.25) is 4.90 Å². The molecule has 2 heterocycles. The third-order valence-corrected chi connectivity index (χ3v) is 4.16. The molecule has 0 radical (unpaired) electrons. The van der Waals surface area contributed by atoms with Crippen molar-refractivity contribution in [3.63, 3.8) is 0 Å². The van der Waals surface area contributed by atoms with Gasteiger partial charge in [0.05, 0.1) is 10.7 Å². The van der Waals surface area contributed by atoms with Crippen molar-refractivity contribution < 1.29 is 0 Å². The van der Waals surface area contributed by atoms with E-state index in [4.69, 9.17) is 16.6 Å². The fraction of sp³-hybridized carbons (Fsp3) is 0.688. The van der Waals surface area contributed by atoms with Crippen LogP contribution < -0.4 is 10.2 Å². The van der Waals surface area contributed by atoms with Crippen molar-refractivity contribution in [2.24, 2.45) is 0 Å². The highest BCUT2D eigenvalue weighted by Gasteiger charge is 2.18. The molecular formula is C16H27ClN4. The summed E-state index contributed by atoms with van der Waals surface area (Å²) in [5.41, 5.74) is 0.943. The van der Waals surface area contributed by atoms with Crippen molar-refractivity contribution in [3.8, 4) is 0 Å². The lowest BCUT2D eigenvalue weighted by Crippen LogP contribution is -2.46. The monoisotopic (exact) mass is 310 g/mol. The van der Waals surface area contributed by atoms with Crippen molar-refractivity contribution in [1.82, 2.24) is 15.2 Å². The van der Waals surface area contributed by atoms with Crippen LogP contribution in [0.25, 0.3) is 0 Å². The first-order valence-corrected chi connectivity index (χ1v) is 8.34. The molecule has 0 spiro atoms.